The van der Waals surface area contributed by atoms with Crippen molar-refractivity contribution in [2.24, 2.45) is 7.05 Å². The Balaban J connectivity index is 1.51. The lowest BCUT2D eigenvalue weighted by atomic mass is 9.74. The number of nitrogens with zero attached hydrogens (tertiary/aromatic N) is 4. The highest BCUT2D eigenvalue weighted by Crippen LogP contribution is 2.49. The molecule has 1 aliphatic rings. The van der Waals surface area contributed by atoms with E-state index in [1.54, 1.807) is 40.6 Å². The van der Waals surface area contributed by atoms with Crippen LogP contribution in [0.4, 0.5) is 23.2 Å². The third-order valence-electron chi connectivity index (χ3n) is 7.76. The van der Waals surface area contributed by atoms with Gasteiger partial charge < -0.3 is 14.6 Å². The molecule has 0 bridgehead atoms. The van der Waals surface area contributed by atoms with Gasteiger partial charge in [-0.1, -0.05) is 12.1 Å². The normalized spacial score (nSPS) is 16.0. The highest BCUT2D eigenvalue weighted by molar-refractivity contribution is 5.89. The van der Waals surface area contributed by atoms with E-state index >= 15 is 13.2 Å². The van der Waals surface area contributed by atoms with Gasteiger partial charge in [-0.05, 0) is 72.5 Å². The van der Waals surface area contributed by atoms with Gasteiger partial charge in [-0.3, -0.25) is 0 Å². The lowest BCUT2D eigenvalue weighted by Crippen LogP contribution is -2.46. The molecule has 1 aliphatic heterocycles. The van der Waals surface area contributed by atoms with Gasteiger partial charge in [-0.25, -0.2) is 9.07 Å². The second kappa shape index (κ2) is 8.87. The minimum Gasteiger partial charge on any atom is -0.395 e. The Hall–Kier alpha value is -3.85. The van der Waals surface area contributed by atoms with Crippen LogP contribution in [-0.2, 0) is 12.5 Å². The molecule has 0 radical (unpaired) electrons. The van der Waals surface area contributed by atoms with Crippen molar-refractivity contribution in [3.63, 3.8) is 0 Å². The Kier molecular flexibility index (Phi) is 5.72. The number of hydrogen-bond acceptors (Lipinski definition) is 3. The lowest BCUT2D eigenvalue weighted by molar-refractivity contribution is -0.187. The number of anilines is 1. The van der Waals surface area contributed by atoms with Crippen LogP contribution < -0.4 is 4.90 Å². The zero-order valence-corrected chi connectivity index (χ0v) is 20.7. The van der Waals surface area contributed by atoms with E-state index in [1.807, 2.05) is 12.1 Å². The first-order chi connectivity index (χ1) is 18.2. The molecule has 5 aromatic rings. The summed E-state index contributed by atoms with van der Waals surface area (Å²) in [5, 5.41) is 15.8. The van der Waals surface area contributed by atoms with Crippen LogP contribution in [0.3, 0.4) is 0 Å². The largest absolute Gasteiger partial charge is 0.404 e. The average Bonchev–Trinajstić information content (AvgIpc) is 3.64. The summed E-state index contributed by atoms with van der Waals surface area (Å²) < 4.78 is 61.9. The molecule has 1 N–H and O–H groups in total. The fourth-order valence-electron chi connectivity index (χ4n) is 5.71. The van der Waals surface area contributed by atoms with Gasteiger partial charge in [0.2, 0.25) is 0 Å². The van der Waals surface area contributed by atoms with Crippen molar-refractivity contribution >= 4 is 27.5 Å². The number of aryl methyl sites for hydroxylation is 1. The zero-order valence-electron chi connectivity index (χ0n) is 20.7. The molecule has 38 heavy (non-hydrogen) atoms. The Morgan fingerprint density at radius 1 is 0.895 bits per heavy atom. The van der Waals surface area contributed by atoms with Crippen LogP contribution >= 0.6 is 0 Å². The van der Waals surface area contributed by atoms with Crippen molar-refractivity contribution in [3.05, 3.63) is 90.0 Å². The minimum absolute atomic E-state index is 0.00301. The Bertz CT molecular complexity index is 1630. The summed E-state index contributed by atoms with van der Waals surface area (Å²) in [4.78, 5) is 2.24. The van der Waals surface area contributed by atoms with Crippen LogP contribution in [-0.4, -0.2) is 45.3 Å². The van der Waals surface area contributed by atoms with Gasteiger partial charge >= 0.3 is 6.18 Å². The second-order valence-corrected chi connectivity index (χ2v) is 9.92. The first kappa shape index (κ1) is 24.5. The SMILES string of the molecule is Cn1cc(C(CO)(c2ccc3c(cnn3-c3ccc(F)cc3)c2)C(F)(F)F)c2ccc(N3CCCC3)cc21. The zero-order chi connectivity index (χ0) is 26.7. The lowest BCUT2D eigenvalue weighted by Gasteiger charge is -2.35. The average molecular weight is 523 g/mol. The molecule has 3 aromatic carbocycles. The van der Waals surface area contributed by atoms with Gasteiger partial charge in [-0.2, -0.15) is 18.3 Å². The van der Waals surface area contributed by atoms with Crippen molar-refractivity contribution < 1.29 is 22.7 Å². The van der Waals surface area contributed by atoms with E-state index < -0.39 is 24.0 Å². The summed E-state index contributed by atoms with van der Waals surface area (Å²) >= 11 is 0. The molecule has 1 fully saturated rings. The van der Waals surface area contributed by atoms with Gasteiger partial charge in [0.15, 0.2) is 0 Å². The molecular formula is C29H26F4N4O. The molecule has 0 amide bonds. The number of rotatable bonds is 5. The van der Waals surface area contributed by atoms with E-state index in [0.29, 0.717) is 27.5 Å². The van der Waals surface area contributed by atoms with Gasteiger partial charge in [0, 0.05) is 42.8 Å². The molecule has 5 nitrogen and oxygen atoms in total. The van der Waals surface area contributed by atoms with E-state index in [1.165, 1.54) is 36.7 Å². The molecule has 2 aromatic heterocycles. The number of benzene rings is 3. The minimum atomic E-state index is -4.79. The smallest absolute Gasteiger partial charge is 0.395 e. The summed E-state index contributed by atoms with van der Waals surface area (Å²) in [7, 11) is 1.73. The third-order valence-corrected chi connectivity index (χ3v) is 7.76. The fourth-order valence-corrected chi connectivity index (χ4v) is 5.71. The molecular weight excluding hydrogens is 496 g/mol. The van der Waals surface area contributed by atoms with Crippen LogP contribution in [0, 0.1) is 5.82 Å². The Morgan fingerprint density at radius 3 is 2.29 bits per heavy atom. The quantitative estimate of drug-likeness (QED) is 0.284. The van der Waals surface area contributed by atoms with E-state index in [4.69, 9.17) is 0 Å². The standard InChI is InChI=1S/C29H26F4N4O/c1-35-17-25(24-10-9-23(15-27(24)35)36-12-2-3-13-36)28(18-38,29(31,32)33)20-4-11-26-19(14-20)16-34-37(26)22-7-5-21(30)6-8-22/h4-11,14-17,38H,2-3,12-13,18H2,1H3. The number of aliphatic hydroxyl groups is 1. The van der Waals surface area contributed by atoms with E-state index in [2.05, 4.69) is 10.00 Å². The number of alkyl halides is 3. The van der Waals surface area contributed by atoms with Crippen LogP contribution in [0.5, 0.6) is 0 Å². The van der Waals surface area contributed by atoms with Crippen molar-refractivity contribution in [1.82, 2.24) is 14.3 Å². The molecule has 6 rings (SSSR count). The summed E-state index contributed by atoms with van der Waals surface area (Å²) in [5.74, 6) is -0.395. The van der Waals surface area contributed by atoms with Crippen LogP contribution in [0.25, 0.3) is 27.5 Å². The first-order valence-corrected chi connectivity index (χ1v) is 12.5. The molecule has 0 saturated carbocycles. The Labute approximate surface area is 216 Å². The van der Waals surface area contributed by atoms with Crippen LogP contribution in [0.15, 0.2) is 73.1 Å². The van der Waals surface area contributed by atoms with Gasteiger partial charge in [0.25, 0.3) is 0 Å². The molecule has 0 aliphatic carbocycles. The van der Waals surface area contributed by atoms with E-state index in [9.17, 15) is 9.50 Å². The molecule has 1 unspecified atom stereocenters. The van der Waals surface area contributed by atoms with Crippen LogP contribution in [0.1, 0.15) is 24.0 Å². The van der Waals surface area contributed by atoms with Gasteiger partial charge in [0.05, 0.1) is 29.5 Å². The predicted molar refractivity (Wildman–Crippen MR) is 139 cm³/mol. The number of halogens is 4. The van der Waals surface area contributed by atoms with Crippen LogP contribution in [0.2, 0.25) is 0 Å². The van der Waals surface area contributed by atoms with Gasteiger partial charge in [0.1, 0.15) is 11.2 Å². The van der Waals surface area contributed by atoms with E-state index in [0.717, 1.165) is 31.6 Å². The summed E-state index contributed by atoms with van der Waals surface area (Å²) in [6.45, 7) is 0.705. The van der Waals surface area contributed by atoms with Gasteiger partial charge in [-0.15, -0.1) is 0 Å². The number of aliphatic hydroxyl groups excluding tert-OH is 1. The maximum atomic E-state index is 15.1. The topological polar surface area (TPSA) is 46.2 Å². The summed E-state index contributed by atoms with van der Waals surface area (Å²) in [5.41, 5.74) is 0.103. The highest BCUT2D eigenvalue weighted by atomic mass is 19.4. The van der Waals surface area contributed by atoms with Crippen molar-refractivity contribution in [2.75, 3.05) is 24.6 Å². The van der Waals surface area contributed by atoms with Crippen molar-refractivity contribution in [2.45, 2.75) is 24.4 Å². The first-order valence-electron chi connectivity index (χ1n) is 12.5. The maximum absolute atomic E-state index is 15.1. The number of hydrogen-bond donors (Lipinski definition) is 1. The monoisotopic (exact) mass is 522 g/mol. The summed E-state index contributed by atoms with van der Waals surface area (Å²) in [6, 6.07) is 15.6. The molecule has 1 atom stereocenters. The number of aromatic nitrogens is 3. The Morgan fingerprint density at radius 2 is 1.61 bits per heavy atom. The highest BCUT2D eigenvalue weighted by Gasteiger charge is 2.58. The molecule has 3 heterocycles. The molecule has 1 saturated heterocycles. The number of fused-ring (bicyclic) bond motifs is 2. The molecule has 196 valence electrons. The van der Waals surface area contributed by atoms with Crippen molar-refractivity contribution in [3.8, 4) is 5.69 Å². The molecule has 9 heteroatoms. The third kappa shape index (κ3) is 3.67. The maximum Gasteiger partial charge on any atom is 0.404 e. The fraction of sp³-hybridized carbons (Fsp3) is 0.276. The van der Waals surface area contributed by atoms with Crippen molar-refractivity contribution in [1.29, 1.82) is 0 Å². The second-order valence-electron chi connectivity index (χ2n) is 9.92. The predicted octanol–water partition coefficient (Wildman–Crippen LogP) is 6.10. The summed E-state index contributed by atoms with van der Waals surface area (Å²) in [6.07, 6.45) is 0.362. The molecule has 0 spiro atoms. The van der Waals surface area contributed by atoms with E-state index in [-0.39, 0.29) is 11.1 Å².